The lowest BCUT2D eigenvalue weighted by atomic mass is 10.2. The number of pyridine rings is 1. The predicted octanol–water partition coefficient (Wildman–Crippen LogP) is 2.53. The van der Waals surface area contributed by atoms with Crippen molar-refractivity contribution in [3.8, 4) is 0 Å². The van der Waals surface area contributed by atoms with E-state index >= 15 is 0 Å². The Balaban J connectivity index is 2.10. The van der Waals surface area contributed by atoms with Crippen LogP contribution in [0.1, 0.15) is 20.8 Å². The highest BCUT2D eigenvalue weighted by molar-refractivity contribution is 7.19. The van der Waals surface area contributed by atoms with Gasteiger partial charge in [0.15, 0.2) is 0 Å². The number of nitrogens with two attached hydrogens (primary N) is 1. The fourth-order valence-electron chi connectivity index (χ4n) is 1.63. The Morgan fingerprint density at radius 2 is 2.05 bits per heavy atom. The lowest BCUT2D eigenvalue weighted by Crippen LogP contribution is -2.22. The second-order valence-electron chi connectivity index (χ2n) is 4.23. The molecule has 2 aromatic rings. The maximum absolute atomic E-state index is 12.1. The summed E-state index contributed by atoms with van der Waals surface area (Å²) in [6.45, 7) is 2.08. The topological polar surface area (TPSA) is 97.1 Å². The van der Waals surface area contributed by atoms with Gasteiger partial charge in [0.25, 0.3) is 5.91 Å². The second-order valence-corrected chi connectivity index (χ2v) is 5.63. The summed E-state index contributed by atoms with van der Waals surface area (Å²) in [6.07, 6.45) is 3.30. The Labute approximate surface area is 130 Å². The minimum absolute atomic E-state index is 0.303. The lowest BCUT2D eigenvalue weighted by molar-refractivity contribution is 0.0955. The van der Waals surface area contributed by atoms with Crippen molar-refractivity contribution >= 4 is 39.9 Å². The highest BCUT2D eigenvalue weighted by Crippen LogP contribution is 2.36. The van der Waals surface area contributed by atoms with Gasteiger partial charge in [-0.3, -0.25) is 15.1 Å². The number of carbonyl (C=O) groups excluding carboxylic acids is 2. The molecule has 0 aliphatic rings. The maximum Gasteiger partial charge on any atom is 0.317 e. The average Bonchev–Trinajstić information content (AvgIpc) is 2.74. The van der Waals surface area contributed by atoms with Gasteiger partial charge in [0, 0.05) is 24.5 Å². The minimum atomic E-state index is -0.695. The van der Waals surface area contributed by atoms with Gasteiger partial charge in [-0.15, -0.1) is 11.3 Å². The molecular weight excluding hydrogens is 312 g/mol. The van der Waals surface area contributed by atoms with Crippen LogP contribution in [-0.2, 0) is 6.54 Å². The Kier molecular flexibility index (Phi) is 4.77. The fourth-order valence-corrected chi connectivity index (χ4v) is 3.00. The van der Waals surface area contributed by atoms with Gasteiger partial charge in [-0.2, -0.15) is 0 Å². The molecule has 0 aliphatic carbocycles. The second kappa shape index (κ2) is 6.55. The molecule has 0 saturated carbocycles. The largest absolute Gasteiger partial charge is 0.351 e. The third-order valence-corrected chi connectivity index (χ3v) is 4.51. The van der Waals surface area contributed by atoms with E-state index in [4.69, 9.17) is 17.3 Å². The highest BCUT2D eigenvalue weighted by atomic mass is 35.5. The summed E-state index contributed by atoms with van der Waals surface area (Å²) < 4.78 is 0. The molecule has 0 spiro atoms. The van der Waals surface area contributed by atoms with Crippen molar-refractivity contribution in [1.82, 2.24) is 10.3 Å². The number of amides is 3. The summed E-state index contributed by atoms with van der Waals surface area (Å²) in [5.41, 5.74) is 6.62. The number of halogens is 1. The Morgan fingerprint density at radius 3 is 2.67 bits per heavy atom. The number of hydrogen-bond acceptors (Lipinski definition) is 4. The van der Waals surface area contributed by atoms with Crippen molar-refractivity contribution in [2.75, 3.05) is 5.32 Å². The van der Waals surface area contributed by atoms with E-state index in [0.29, 0.717) is 27.0 Å². The molecule has 3 amide bonds. The molecule has 0 atom stereocenters. The first-order valence-corrected chi connectivity index (χ1v) is 7.21. The molecule has 0 fully saturated rings. The summed E-state index contributed by atoms with van der Waals surface area (Å²) in [5, 5.41) is 6.00. The van der Waals surface area contributed by atoms with Gasteiger partial charge < -0.3 is 11.1 Å². The molecule has 0 aliphatic heterocycles. The van der Waals surface area contributed by atoms with Crippen LogP contribution in [0, 0.1) is 6.92 Å². The van der Waals surface area contributed by atoms with Gasteiger partial charge in [0.2, 0.25) is 0 Å². The molecule has 4 N–H and O–H groups in total. The van der Waals surface area contributed by atoms with Crippen molar-refractivity contribution < 1.29 is 9.59 Å². The molecular formula is C13H13ClN4O2S. The van der Waals surface area contributed by atoms with E-state index in [-0.39, 0.29) is 5.91 Å². The van der Waals surface area contributed by atoms with Crippen LogP contribution >= 0.6 is 22.9 Å². The number of rotatable bonds is 4. The van der Waals surface area contributed by atoms with Crippen LogP contribution < -0.4 is 16.4 Å². The number of anilines is 1. The molecule has 21 heavy (non-hydrogen) atoms. The molecule has 110 valence electrons. The number of thiophene rings is 1. The first-order chi connectivity index (χ1) is 9.99. The molecule has 0 saturated heterocycles. The molecule has 8 heteroatoms. The van der Waals surface area contributed by atoms with Crippen LogP contribution in [0.2, 0.25) is 5.02 Å². The van der Waals surface area contributed by atoms with Crippen molar-refractivity contribution in [2.24, 2.45) is 5.73 Å². The van der Waals surface area contributed by atoms with Crippen LogP contribution in [0.5, 0.6) is 0 Å². The Hall–Kier alpha value is -2.12. The van der Waals surface area contributed by atoms with Gasteiger partial charge in [0.05, 0.1) is 5.02 Å². The zero-order valence-electron chi connectivity index (χ0n) is 11.1. The van der Waals surface area contributed by atoms with Gasteiger partial charge in [-0.05, 0) is 24.6 Å². The molecule has 0 aromatic carbocycles. The van der Waals surface area contributed by atoms with Gasteiger partial charge >= 0.3 is 6.03 Å². The van der Waals surface area contributed by atoms with Crippen LogP contribution in [0.4, 0.5) is 9.80 Å². The van der Waals surface area contributed by atoms with Gasteiger partial charge in [-0.1, -0.05) is 11.6 Å². The van der Waals surface area contributed by atoms with E-state index in [9.17, 15) is 9.59 Å². The molecule has 0 bridgehead atoms. The third-order valence-electron chi connectivity index (χ3n) is 2.72. The quantitative estimate of drug-likeness (QED) is 0.806. The number of nitrogens with one attached hydrogen (secondary N) is 2. The highest BCUT2D eigenvalue weighted by Gasteiger charge is 2.19. The zero-order chi connectivity index (χ0) is 15.4. The molecule has 2 heterocycles. The summed E-state index contributed by atoms with van der Waals surface area (Å²) in [5.74, 6) is -0.303. The average molecular weight is 325 g/mol. The van der Waals surface area contributed by atoms with E-state index in [0.717, 1.165) is 16.9 Å². The summed E-state index contributed by atoms with van der Waals surface area (Å²) in [7, 11) is 0. The van der Waals surface area contributed by atoms with Crippen LogP contribution in [0.25, 0.3) is 0 Å². The third kappa shape index (κ3) is 3.71. The molecule has 0 unspecified atom stereocenters. The van der Waals surface area contributed by atoms with E-state index in [1.165, 1.54) is 0 Å². The number of hydrogen-bond donors (Lipinski definition) is 3. The molecule has 2 rings (SSSR count). The number of primary amides is 1. The number of aromatic nitrogens is 1. The van der Waals surface area contributed by atoms with Gasteiger partial charge in [0.1, 0.15) is 9.88 Å². The van der Waals surface area contributed by atoms with E-state index < -0.39 is 6.03 Å². The van der Waals surface area contributed by atoms with Crippen molar-refractivity contribution in [3.63, 3.8) is 0 Å². The number of nitrogens with zero attached hydrogens (tertiary/aromatic N) is 1. The Morgan fingerprint density at radius 1 is 1.38 bits per heavy atom. The first kappa shape index (κ1) is 15.3. The van der Waals surface area contributed by atoms with Crippen LogP contribution in [-0.4, -0.2) is 16.9 Å². The summed E-state index contributed by atoms with van der Waals surface area (Å²) in [4.78, 5) is 27.3. The summed E-state index contributed by atoms with van der Waals surface area (Å²) >= 11 is 7.21. The smallest absolute Gasteiger partial charge is 0.317 e. The number of urea groups is 1. The number of carbonyl (C=O) groups is 2. The molecule has 0 radical (unpaired) electrons. The monoisotopic (exact) mass is 324 g/mol. The van der Waals surface area contributed by atoms with E-state index in [1.807, 2.05) is 12.1 Å². The van der Waals surface area contributed by atoms with Crippen molar-refractivity contribution in [2.45, 2.75) is 13.5 Å². The van der Waals surface area contributed by atoms with Crippen molar-refractivity contribution in [3.05, 3.63) is 45.6 Å². The standard InChI is InChI=1S/C13H13ClN4O2S/c1-7-9(14)10(21-12(7)18-13(15)20)11(19)17-6-8-2-4-16-5-3-8/h2-5H,6H2,1H3,(H,17,19)(H3,15,18,20). The SMILES string of the molecule is Cc1c(NC(N)=O)sc(C(=O)NCc2ccncc2)c1Cl. The van der Waals surface area contributed by atoms with Crippen molar-refractivity contribution in [1.29, 1.82) is 0 Å². The lowest BCUT2D eigenvalue weighted by Gasteiger charge is -2.03. The van der Waals surface area contributed by atoms with Crippen LogP contribution in [0.15, 0.2) is 24.5 Å². The molecule has 6 nitrogen and oxygen atoms in total. The van der Waals surface area contributed by atoms with Crippen LogP contribution in [0.3, 0.4) is 0 Å². The fraction of sp³-hybridized carbons (Fsp3) is 0.154. The Bertz CT molecular complexity index is 672. The minimum Gasteiger partial charge on any atom is -0.351 e. The normalized spacial score (nSPS) is 10.2. The van der Waals surface area contributed by atoms with Gasteiger partial charge in [-0.25, -0.2) is 4.79 Å². The predicted molar refractivity (Wildman–Crippen MR) is 82.7 cm³/mol. The van der Waals surface area contributed by atoms with E-state index in [1.54, 1.807) is 19.3 Å². The molecule has 2 aromatic heterocycles. The maximum atomic E-state index is 12.1. The van der Waals surface area contributed by atoms with E-state index in [2.05, 4.69) is 15.6 Å². The first-order valence-electron chi connectivity index (χ1n) is 6.01. The zero-order valence-corrected chi connectivity index (χ0v) is 12.7. The summed E-state index contributed by atoms with van der Waals surface area (Å²) in [6, 6.07) is 2.92.